The number of hydrazone groups is 1. The first-order chi connectivity index (χ1) is 13.5. The number of carbonyl (C=O) groups is 3. The Hall–Kier alpha value is -3.68. The van der Waals surface area contributed by atoms with Gasteiger partial charge in [0.05, 0.1) is 19.9 Å². The van der Waals surface area contributed by atoms with Crippen LogP contribution in [0.15, 0.2) is 53.6 Å². The van der Waals surface area contributed by atoms with Crippen molar-refractivity contribution in [2.45, 2.75) is 6.92 Å². The van der Waals surface area contributed by atoms with E-state index in [0.29, 0.717) is 11.3 Å². The van der Waals surface area contributed by atoms with Crippen molar-refractivity contribution in [2.24, 2.45) is 5.10 Å². The molecule has 0 fully saturated rings. The van der Waals surface area contributed by atoms with E-state index in [1.807, 2.05) is 13.0 Å². The van der Waals surface area contributed by atoms with Crippen molar-refractivity contribution in [3.63, 3.8) is 0 Å². The summed E-state index contributed by atoms with van der Waals surface area (Å²) in [7, 11) is 1.29. The summed E-state index contributed by atoms with van der Waals surface area (Å²) in [5, 5.41) is 6.36. The van der Waals surface area contributed by atoms with Gasteiger partial charge in [0.25, 0.3) is 11.8 Å². The van der Waals surface area contributed by atoms with E-state index < -0.39 is 11.9 Å². The number of aryl methyl sites for hydroxylation is 1. The molecule has 2 N–H and O–H groups in total. The predicted molar refractivity (Wildman–Crippen MR) is 103 cm³/mol. The molecular weight excluding hydrogens is 362 g/mol. The molecule has 0 radical (unpaired) electrons. The summed E-state index contributed by atoms with van der Waals surface area (Å²) in [6, 6.07) is 13.8. The summed E-state index contributed by atoms with van der Waals surface area (Å²) in [4.78, 5) is 34.8. The predicted octanol–water partition coefficient (Wildman–Crippen LogP) is 1.43. The number of nitrogens with one attached hydrogen (secondary N) is 2. The number of methoxy groups -OCH3 is 1. The van der Waals surface area contributed by atoms with Gasteiger partial charge in [-0.2, -0.15) is 5.10 Å². The van der Waals surface area contributed by atoms with Crippen molar-refractivity contribution in [2.75, 3.05) is 20.3 Å². The molecule has 28 heavy (non-hydrogen) atoms. The van der Waals surface area contributed by atoms with Crippen LogP contribution in [0.25, 0.3) is 0 Å². The van der Waals surface area contributed by atoms with Gasteiger partial charge in [-0.1, -0.05) is 17.7 Å². The van der Waals surface area contributed by atoms with Gasteiger partial charge in [0.1, 0.15) is 5.75 Å². The van der Waals surface area contributed by atoms with Gasteiger partial charge in [-0.05, 0) is 48.9 Å². The first kappa shape index (κ1) is 20.6. The number of carbonyl (C=O) groups excluding carboxylic acids is 3. The molecule has 8 heteroatoms. The van der Waals surface area contributed by atoms with Crippen LogP contribution in [0.4, 0.5) is 0 Å². The Morgan fingerprint density at radius 2 is 1.86 bits per heavy atom. The molecule has 2 amide bonds. The molecular formula is C20H21N3O5. The highest BCUT2D eigenvalue weighted by Gasteiger charge is 2.07. The van der Waals surface area contributed by atoms with E-state index in [1.54, 1.807) is 42.5 Å². The first-order valence-electron chi connectivity index (χ1n) is 8.44. The molecule has 2 rings (SSSR count). The van der Waals surface area contributed by atoms with Gasteiger partial charge in [0, 0.05) is 5.56 Å². The fourth-order valence-corrected chi connectivity index (χ4v) is 2.12. The summed E-state index contributed by atoms with van der Waals surface area (Å²) in [6.45, 7) is 1.52. The number of hydrogen-bond acceptors (Lipinski definition) is 6. The molecule has 0 aliphatic carbocycles. The fraction of sp³-hybridized carbons (Fsp3) is 0.200. The number of ether oxygens (including phenoxy) is 2. The Kier molecular flexibility index (Phi) is 7.71. The van der Waals surface area contributed by atoms with Crippen LogP contribution in [0.3, 0.4) is 0 Å². The van der Waals surface area contributed by atoms with Crippen LogP contribution in [-0.4, -0.2) is 44.3 Å². The maximum Gasteiger partial charge on any atom is 0.343 e. The molecule has 0 spiro atoms. The van der Waals surface area contributed by atoms with Crippen molar-refractivity contribution in [1.29, 1.82) is 0 Å². The summed E-state index contributed by atoms with van der Waals surface area (Å²) >= 11 is 0. The van der Waals surface area contributed by atoms with Crippen molar-refractivity contribution in [1.82, 2.24) is 10.7 Å². The fourth-order valence-electron chi connectivity index (χ4n) is 2.12. The van der Waals surface area contributed by atoms with Crippen molar-refractivity contribution in [3.8, 4) is 5.75 Å². The van der Waals surface area contributed by atoms with E-state index in [4.69, 9.17) is 4.74 Å². The number of amides is 2. The second kappa shape index (κ2) is 10.5. The largest absolute Gasteiger partial charge is 0.482 e. The molecule has 2 aromatic rings. The van der Waals surface area contributed by atoms with E-state index in [9.17, 15) is 14.4 Å². The molecule has 0 aliphatic rings. The van der Waals surface area contributed by atoms with Crippen molar-refractivity contribution in [3.05, 3.63) is 65.2 Å². The minimum atomic E-state index is -0.470. The zero-order chi connectivity index (χ0) is 20.4. The molecule has 146 valence electrons. The normalized spacial score (nSPS) is 10.4. The van der Waals surface area contributed by atoms with Crippen LogP contribution in [0.5, 0.6) is 5.75 Å². The quantitative estimate of drug-likeness (QED) is 0.407. The minimum absolute atomic E-state index is 0.172. The average Bonchev–Trinajstić information content (AvgIpc) is 2.71. The number of benzene rings is 2. The zero-order valence-corrected chi connectivity index (χ0v) is 15.6. The molecule has 0 saturated heterocycles. The summed E-state index contributed by atoms with van der Waals surface area (Å²) in [5.74, 6) is -0.742. The number of nitrogens with zero attached hydrogens (tertiary/aromatic N) is 1. The van der Waals surface area contributed by atoms with Gasteiger partial charge in [-0.25, -0.2) is 10.2 Å². The molecule has 0 bridgehead atoms. The Labute approximate surface area is 162 Å². The summed E-state index contributed by atoms with van der Waals surface area (Å²) in [6.07, 6.45) is 1.45. The Bertz CT molecular complexity index is 862. The molecule has 0 aliphatic heterocycles. The second-order valence-electron chi connectivity index (χ2n) is 5.78. The first-order valence-corrected chi connectivity index (χ1v) is 8.44. The lowest BCUT2D eigenvalue weighted by Gasteiger charge is -2.05. The van der Waals surface area contributed by atoms with Crippen LogP contribution >= 0.6 is 0 Å². The van der Waals surface area contributed by atoms with Gasteiger partial charge >= 0.3 is 5.97 Å². The van der Waals surface area contributed by atoms with E-state index in [-0.39, 0.29) is 19.1 Å². The van der Waals surface area contributed by atoms with Crippen LogP contribution in [-0.2, 0) is 14.3 Å². The van der Waals surface area contributed by atoms with E-state index in [2.05, 4.69) is 20.6 Å². The average molecular weight is 383 g/mol. The smallest absolute Gasteiger partial charge is 0.343 e. The third-order valence-corrected chi connectivity index (χ3v) is 3.56. The lowest BCUT2D eigenvalue weighted by molar-refractivity contribution is -0.142. The monoisotopic (exact) mass is 383 g/mol. The molecule has 0 heterocycles. The van der Waals surface area contributed by atoms with Crippen LogP contribution < -0.4 is 15.5 Å². The van der Waals surface area contributed by atoms with E-state index >= 15 is 0 Å². The Morgan fingerprint density at radius 1 is 1.11 bits per heavy atom. The third kappa shape index (κ3) is 6.91. The third-order valence-electron chi connectivity index (χ3n) is 3.56. The van der Waals surface area contributed by atoms with Gasteiger partial charge in [-0.3, -0.25) is 9.59 Å². The molecule has 0 atom stereocenters. The topological polar surface area (TPSA) is 106 Å². The Balaban J connectivity index is 1.75. The van der Waals surface area contributed by atoms with Gasteiger partial charge in [-0.15, -0.1) is 0 Å². The van der Waals surface area contributed by atoms with Gasteiger partial charge < -0.3 is 14.8 Å². The highest BCUT2D eigenvalue weighted by atomic mass is 16.6. The van der Waals surface area contributed by atoms with Crippen LogP contribution in [0.1, 0.15) is 21.5 Å². The number of esters is 1. The molecule has 0 aromatic heterocycles. The maximum absolute atomic E-state index is 12.0. The number of hydrogen-bond donors (Lipinski definition) is 2. The molecule has 0 unspecified atom stereocenters. The summed E-state index contributed by atoms with van der Waals surface area (Å²) < 4.78 is 9.71. The highest BCUT2D eigenvalue weighted by Crippen LogP contribution is 2.11. The second-order valence-corrected chi connectivity index (χ2v) is 5.78. The van der Waals surface area contributed by atoms with Crippen molar-refractivity contribution >= 4 is 24.0 Å². The van der Waals surface area contributed by atoms with Crippen LogP contribution in [0, 0.1) is 6.92 Å². The Morgan fingerprint density at radius 3 is 2.54 bits per heavy atom. The molecule has 8 nitrogen and oxygen atoms in total. The standard InChI is InChI=1S/C20H21N3O5/c1-14-4-3-5-16(10-14)20(26)21-12-18(24)23-22-11-15-6-8-17(9-7-15)28-13-19(25)27-2/h3-11H,12-13H2,1-2H3,(H,21,26)(H,23,24)/b22-11+. The molecule has 2 aromatic carbocycles. The highest BCUT2D eigenvalue weighted by molar-refractivity contribution is 5.96. The summed E-state index contributed by atoms with van der Waals surface area (Å²) in [5.41, 5.74) is 4.51. The molecule has 0 saturated carbocycles. The lowest BCUT2D eigenvalue weighted by Crippen LogP contribution is -2.34. The minimum Gasteiger partial charge on any atom is -0.482 e. The zero-order valence-electron chi connectivity index (χ0n) is 15.6. The van der Waals surface area contributed by atoms with E-state index in [1.165, 1.54) is 13.3 Å². The van der Waals surface area contributed by atoms with Crippen molar-refractivity contribution < 1.29 is 23.9 Å². The van der Waals surface area contributed by atoms with Gasteiger partial charge in [0.2, 0.25) is 0 Å². The van der Waals surface area contributed by atoms with Crippen LogP contribution in [0.2, 0.25) is 0 Å². The maximum atomic E-state index is 12.0. The lowest BCUT2D eigenvalue weighted by atomic mass is 10.1. The number of rotatable bonds is 8. The van der Waals surface area contributed by atoms with E-state index in [0.717, 1.165) is 11.1 Å². The SMILES string of the molecule is COC(=O)COc1ccc(/C=N/NC(=O)CNC(=O)c2cccc(C)c2)cc1. The van der Waals surface area contributed by atoms with Gasteiger partial charge in [0.15, 0.2) is 6.61 Å².